The molecule has 1 N–H and O–H groups in total. The zero-order valence-corrected chi connectivity index (χ0v) is 18.2. The normalized spacial score (nSPS) is 11.0. The van der Waals surface area contributed by atoms with E-state index in [2.05, 4.69) is 31.9 Å². The Hall–Kier alpha value is -1.61. The molecule has 1 heterocycles. The third-order valence-electron chi connectivity index (χ3n) is 3.67. The molecule has 0 bridgehead atoms. The summed E-state index contributed by atoms with van der Waals surface area (Å²) < 4.78 is 5.31. The monoisotopic (exact) mass is 489 g/mol. The third-order valence-corrected chi connectivity index (χ3v) is 3.92. The summed E-state index contributed by atoms with van der Waals surface area (Å²) in [6.07, 6.45) is 4.60. The SMILES string of the molecule is C=CCCCN(C)C(=NC)NCCc1nc(-c2ccc(Cl)cc2)no1.I. The smallest absolute Gasteiger partial charge is 0.228 e. The van der Waals surface area contributed by atoms with Crippen LogP contribution in [-0.2, 0) is 6.42 Å². The quantitative estimate of drug-likeness (QED) is 0.199. The van der Waals surface area contributed by atoms with Gasteiger partial charge >= 0.3 is 0 Å². The molecule has 0 fully saturated rings. The minimum absolute atomic E-state index is 0. The average Bonchev–Trinajstić information content (AvgIpc) is 3.08. The maximum atomic E-state index is 5.89. The van der Waals surface area contributed by atoms with E-state index in [4.69, 9.17) is 16.1 Å². The number of halogens is 2. The zero-order chi connectivity index (χ0) is 18.1. The van der Waals surface area contributed by atoms with Gasteiger partial charge in [0.25, 0.3) is 0 Å². The zero-order valence-electron chi connectivity index (χ0n) is 15.1. The summed E-state index contributed by atoms with van der Waals surface area (Å²) in [4.78, 5) is 10.8. The molecule has 0 aliphatic carbocycles. The van der Waals surface area contributed by atoms with Crippen molar-refractivity contribution < 1.29 is 4.52 Å². The molecule has 0 unspecified atom stereocenters. The molecule has 142 valence electrons. The summed E-state index contributed by atoms with van der Waals surface area (Å²) >= 11 is 5.89. The van der Waals surface area contributed by atoms with Gasteiger partial charge in [-0.05, 0) is 37.1 Å². The predicted octanol–water partition coefficient (Wildman–Crippen LogP) is 4.02. The molecule has 1 aromatic heterocycles. The first-order valence-corrected chi connectivity index (χ1v) is 8.63. The van der Waals surface area contributed by atoms with E-state index in [1.54, 1.807) is 19.2 Å². The Morgan fingerprint density at radius 2 is 2.12 bits per heavy atom. The summed E-state index contributed by atoms with van der Waals surface area (Å²) in [6.45, 7) is 5.33. The van der Waals surface area contributed by atoms with Gasteiger partial charge in [-0.25, -0.2) is 0 Å². The fraction of sp³-hybridized carbons (Fsp3) is 0.389. The molecule has 6 nitrogen and oxygen atoms in total. The molecule has 0 spiro atoms. The number of aliphatic imine (C=N–C) groups is 1. The van der Waals surface area contributed by atoms with E-state index >= 15 is 0 Å². The van der Waals surface area contributed by atoms with E-state index in [1.807, 2.05) is 25.3 Å². The van der Waals surface area contributed by atoms with E-state index < -0.39 is 0 Å². The minimum atomic E-state index is 0. The second kappa shape index (κ2) is 11.9. The molecule has 2 rings (SSSR count). The lowest BCUT2D eigenvalue weighted by molar-refractivity contribution is 0.377. The van der Waals surface area contributed by atoms with Crippen LogP contribution in [0.25, 0.3) is 11.4 Å². The molecule has 0 amide bonds. The highest BCUT2D eigenvalue weighted by Crippen LogP contribution is 2.18. The van der Waals surface area contributed by atoms with Crippen LogP contribution in [0.1, 0.15) is 18.7 Å². The summed E-state index contributed by atoms with van der Waals surface area (Å²) in [5.41, 5.74) is 0.880. The molecule has 0 aliphatic heterocycles. The molecule has 8 heteroatoms. The number of aromatic nitrogens is 2. The van der Waals surface area contributed by atoms with Gasteiger partial charge in [0.1, 0.15) is 0 Å². The summed E-state index contributed by atoms with van der Waals surface area (Å²) in [6, 6.07) is 7.35. The first-order chi connectivity index (χ1) is 12.1. The number of nitrogens with one attached hydrogen (secondary N) is 1. The van der Waals surface area contributed by atoms with E-state index in [-0.39, 0.29) is 24.0 Å². The second-order valence-electron chi connectivity index (χ2n) is 5.60. The molecule has 1 aromatic carbocycles. The molecule has 0 atom stereocenters. The summed E-state index contributed by atoms with van der Waals surface area (Å²) in [7, 11) is 3.79. The van der Waals surface area contributed by atoms with Crippen LogP contribution in [0, 0.1) is 0 Å². The molecular formula is C18H25ClIN5O. The van der Waals surface area contributed by atoms with Crippen LogP contribution in [0.15, 0.2) is 46.4 Å². The number of guanidine groups is 1. The standard InChI is InChI=1S/C18H24ClN5O.HI/c1-4-5-6-13-24(3)18(20-2)21-12-11-16-22-17(23-25-16)14-7-9-15(19)10-8-14;/h4,7-10H,1,5-6,11-13H2,2-3H3,(H,20,21);1H. The van der Waals surface area contributed by atoms with Crippen LogP contribution in [0.4, 0.5) is 0 Å². The Balaban J connectivity index is 0.00000338. The number of hydrogen-bond acceptors (Lipinski definition) is 4. The molecule has 0 saturated carbocycles. The van der Waals surface area contributed by atoms with Crippen molar-refractivity contribution in [3.05, 3.63) is 47.8 Å². The molecule has 0 saturated heterocycles. The predicted molar refractivity (Wildman–Crippen MR) is 117 cm³/mol. The number of allylic oxidation sites excluding steroid dienone is 1. The van der Waals surface area contributed by atoms with Gasteiger partial charge in [0.15, 0.2) is 5.96 Å². The van der Waals surface area contributed by atoms with Crippen molar-refractivity contribution in [2.75, 3.05) is 27.2 Å². The number of benzene rings is 1. The van der Waals surface area contributed by atoms with Crippen molar-refractivity contribution >= 4 is 41.5 Å². The largest absolute Gasteiger partial charge is 0.356 e. The summed E-state index contributed by atoms with van der Waals surface area (Å²) in [5.74, 6) is 2.00. The van der Waals surface area contributed by atoms with Gasteiger partial charge in [-0.2, -0.15) is 4.98 Å². The number of rotatable bonds is 8. The third kappa shape index (κ3) is 6.95. The second-order valence-corrected chi connectivity index (χ2v) is 6.03. The average molecular weight is 490 g/mol. The maximum Gasteiger partial charge on any atom is 0.228 e. The lowest BCUT2D eigenvalue weighted by Gasteiger charge is -2.21. The number of nitrogens with zero attached hydrogens (tertiary/aromatic N) is 4. The molecule has 26 heavy (non-hydrogen) atoms. The van der Waals surface area contributed by atoms with Gasteiger partial charge in [0, 0.05) is 44.2 Å². The first-order valence-electron chi connectivity index (χ1n) is 8.25. The topological polar surface area (TPSA) is 66.5 Å². The van der Waals surface area contributed by atoms with Crippen molar-refractivity contribution in [3.63, 3.8) is 0 Å². The van der Waals surface area contributed by atoms with Gasteiger partial charge in [0.05, 0.1) is 0 Å². The van der Waals surface area contributed by atoms with E-state index in [0.717, 1.165) is 30.9 Å². The van der Waals surface area contributed by atoms with E-state index in [9.17, 15) is 0 Å². The van der Waals surface area contributed by atoms with Crippen molar-refractivity contribution in [2.24, 2.45) is 4.99 Å². The highest BCUT2D eigenvalue weighted by Gasteiger charge is 2.10. The van der Waals surface area contributed by atoms with Gasteiger partial charge in [-0.1, -0.05) is 22.8 Å². The van der Waals surface area contributed by atoms with Crippen molar-refractivity contribution in [1.29, 1.82) is 0 Å². The van der Waals surface area contributed by atoms with Crippen molar-refractivity contribution in [1.82, 2.24) is 20.4 Å². The highest BCUT2D eigenvalue weighted by atomic mass is 127. The molecule has 0 aliphatic rings. The Bertz CT molecular complexity index is 702. The van der Waals surface area contributed by atoms with E-state index in [0.29, 0.717) is 29.7 Å². The molecule has 0 radical (unpaired) electrons. The van der Waals surface area contributed by atoms with Crippen molar-refractivity contribution in [3.8, 4) is 11.4 Å². The highest BCUT2D eigenvalue weighted by molar-refractivity contribution is 14.0. The maximum absolute atomic E-state index is 5.89. The molecular weight excluding hydrogens is 465 g/mol. The fourth-order valence-electron chi connectivity index (χ4n) is 2.32. The van der Waals surface area contributed by atoms with Crippen LogP contribution in [-0.4, -0.2) is 48.2 Å². The van der Waals surface area contributed by atoms with Crippen LogP contribution < -0.4 is 5.32 Å². The lowest BCUT2D eigenvalue weighted by atomic mass is 10.2. The van der Waals surface area contributed by atoms with Crippen LogP contribution in [0.5, 0.6) is 0 Å². The minimum Gasteiger partial charge on any atom is -0.356 e. The van der Waals surface area contributed by atoms with Crippen molar-refractivity contribution in [2.45, 2.75) is 19.3 Å². The Morgan fingerprint density at radius 1 is 1.38 bits per heavy atom. The van der Waals surface area contributed by atoms with Gasteiger partial charge in [-0.3, -0.25) is 4.99 Å². The van der Waals surface area contributed by atoms with Gasteiger partial charge in [-0.15, -0.1) is 30.6 Å². The van der Waals surface area contributed by atoms with Crippen LogP contribution in [0.2, 0.25) is 5.02 Å². The lowest BCUT2D eigenvalue weighted by Crippen LogP contribution is -2.40. The van der Waals surface area contributed by atoms with Crippen LogP contribution >= 0.6 is 35.6 Å². The number of unbranched alkanes of at least 4 members (excludes halogenated alkanes) is 1. The fourth-order valence-corrected chi connectivity index (χ4v) is 2.44. The summed E-state index contributed by atoms with van der Waals surface area (Å²) in [5, 5.41) is 8.00. The Labute approximate surface area is 176 Å². The number of hydrogen-bond donors (Lipinski definition) is 1. The van der Waals surface area contributed by atoms with Gasteiger partial charge in [0.2, 0.25) is 11.7 Å². The molecule has 2 aromatic rings. The van der Waals surface area contributed by atoms with Crippen LogP contribution in [0.3, 0.4) is 0 Å². The first kappa shape index (κ1) is 22.4. The Morgan fingerprint density at radius 3 is 2.77 bits per heavy atom. The van der Waals surface area contributed by atoms with Gasteiger partial charge < -0.3 is 14.7 Å². The van der Waals surface area contributed by atoms with E-state index in [1.165, 1.54) is 0 Å². The Kier molecular flexibility index (Phi) is 10.3.